The molecule has 110 valence electrons. The lowest BCUT2D eigenvalue weighted by atomic mass is 9.95. The van der Waals surface area contributed by atoms with Gasteiger partial charge in [-0.2, -0.15) is 0 Å². The Morgan fingerprint density at radius 1 is 1.30 bits per heavy atom. The van der Waals surface area contributed by atoms with E-state index in [0.717, 1.165) is 18.7 Å². The molecule has 1 atom stereocenters. The van der Waals surface area contributed by atoms with Crippen molar-refractivity contribution in [3.8, 4) is 0 Å². The van der Waals surface area contributed by atoms with Crippen LogP contribution in [-0.4, -0.2) is 32.2 Å². The van der Waals surface area contributed by atoms with Crippen LogP contribution in [0.2, 0.25) is 0 Å². The average Bonchev–Trinajstić information content (AvgIpc) is 2.95. The number of anilines is 1. The van der Waals surface area contributed by atoms with Gasteiger partial charge in [-0.25, -0.2) is 0 Å². The van der Waals surface area contributed by atoms with Crippen molar-refractivity contribution < 1.29 is 9.53 Å². The zero-order valence-electron chi connectivity index (χ0n) is 12.6. The number of hydrogen-bond acceptors (Lipinski definition) is 4. The van der Waals surface area contributed by atoms with Crippen molar-refractivity contribution >= 4 is 11.7 Å². The highest BCUT2D eigenvalue weighted by molar-refractivity contribution is 5.76. The summed E-state index contributed by atoms with van der Waals surface area (Å²) in [5.74, 6) is -0.354. The Morgan fingerprint density at radius 3 is 2.35 bits per heavy atom. The number of carbonyl (C=O) groups is 1. The second-order valence-corrected chi connectivity index (χ2v) is 5.59. The van der Waals surface area contributed by atoms with Crippen molar-refractivity contribution in [2.24, 2.45) is 5.73 Å². The largest absolute Gasteiger partial charge is 0.468 e. The third-order valence-electron chi connectivity index (χ3n) is 4.08. The van der Waals surface area contributed by atoms with E-state index in [1.807, 2.05) is 0 Å². The van der Waals surface area contributed by atoms with E-state index >= 15 is 0 Å². The van der Waals surface area contributed by atoms with Gasteiger partial charge < -0.3 is 15.4 Å². The van der Waals surface area contributed by atoms with Crippen LogP contribution in [0.3, 0.4) is 0 Å². The summed E-state index contributed by atoms with van der Waals surface area (Å²) in [6.45, 7) is 6.46. The third-order valence-corrected chi connectivity index (χ3v) is 4.08. The summed E-state index contributed by atoms with van der Waals surface area (Å²) in [5.41, 5.74) is 10.7. The summed E-state index contributed by atoms with van der Waals surface area (Å²) >= 11 is 0. The Hall–Kier alpha value is -1.55. The highest BCUT2D eigenvalue weighted by Crippen LogP contribution is 2.26. The molecule has 1 aromatic rings. The van der Waals surface area contributed by atoms with Crippen LogP contribution in [0.15, 0.2) is 12.1 Å². The number of hydrogen-bond donors (Lipinski definition) is 1. The predicted molar refractivity (Wildman–Crippen MR) is 81.1 cm³/mol. The SMILES string of the molecule is COC(=O)C(N)Cc1c(C)cc(N2CCCC2)cc1C. The fourth-order valence-corrected chi connectivity index (χ4v) is 2.91. The summed E-state index contributed by atoms with van der Waals surface area (Å²) in [6, 6.07) is 3.82. The average molecular weight is 276 g/mol. The maximum Gasteiger partial charge on any atom is 0.322 e. The first kappa shape index (κ1) is 14.9. The molecular formula is C16H24N2O2. The monoisotopic (exact) mass is 276 g/mol. The lowest BCUT2D eigenvalue weighted by molar-refractivity contribution is -0.142. The minimum absolute atomic E-state index is 0.354. The van der Waals surface area contributed by atoms with E-state index in [-0.39, 0.29) is 5.97 Å². The number of nitrogens with two attached hydrogens (primary N) is 1. The Kier molecular flexibility index (Phi) is 4.65. The van der Waals surface area contributed by atoms with Gasteiger partial charge in [0.15, 0.2) is 0 Å². The second-order valence-electron chi connectivity index (χ2n) is 5.59. The van der Waals surface area contributed by atoms with Gasteiger partial charge in [0.1, 0.15) is 6.04 Å². The van der Waals surface area contributed by atoms with Crippen molar-refractivity contribution in [3.63, 3.8) is 0 Å². The van der Waals surface area contributed by atoms with Crippen molar-refractivity contribution in [1.29, 1.82) is 0 Å². The van der Waals surface area contributed by atoms with Crippen LogP contribution in [0, 0.1) is 13.8 Å². The molecule has 2 rings (SSSR count). The van der Waals surface area contributed by atoms with Gasteiger partial charge in [0.25, 0.3) is 0 Å². The van der Waals surface area contributed by atoms with E-state index in [9.17, 15) is 4.79 Å². The third kappa shape index (κ3) is 3.12. The molecule has 1 aliphatic heterocycles. The Morgan fingerprint density at radius 2 is 1.85 bits per heavy atom. The van der Waals surface area contributed by atoms with Crippen LogP contribution in [0.25, 0.3) is 0 Å². The van der Waals surface area contributed by atoms with E-state index in [2.05, 4.69) is 30.9 Å². The van der Waals surface area contributed by atoms with E-state index in [0.29, 0.717) is 6.42 Å². The molecule has 0 spiro atoms. The maximum absolute atomic E-state index is 11.5. The number of carbonyl (C=O) groups excluding carboxylic acids is 1. The number of aryl methyl sites for hydroxylation is 2. The molecule has 1 heterocycles. The molecule has 0 bridgehead atoms. The molecule has 2 N–H and O–H groups in total. The number of methoxy groups -OCH3 is 1. The fraction of sp³-hybridized carbons (Fsp3) is 0.562. The fourth-order valence-electron chi connectivity index (χ4n) is 2.91. The second kappa shape index (κ2) is 6.27. The number of rotatable bonds is 4. The molecule has 1 aliphatic rings. The van der Waals surface area contributed by atoms with Crippen molar-refractivity contribution in [3.05, 3.63) is 28.8 Å². The number of esters is 1. The van der Waals surface area contributed by atoms with E-state index in [1.165, 1.54) is 36.8 Å². The highest BCUT2D eigenvalue weighted by Gasteiger charge is 2.19. The number of nitrogens with zero attached hydrogens (tertiary/aromatic N) is 1. The lowest BCUT2D eigenvalue weighted by Crippen LogP contribution is -2.34. The number of benzene rings is 1. The van der Waals surface area contributed by atoms with E-state index < -0.39 is 6.04 Å². The van der Waals surface area contributed by atoms with E-state index in [1.54, 1.807) is 0 Å². The normalized spacial score (nSPS) is 16.3. The molecule has 0 aliphatic carbocycles. The smallest absolute Gasteiger partial charge is 0.322 e. The molecular weight excluding hydrogens is 252 g/mol. The molecule has 4 heteroatoms. The van der Waals surface area contributed by atoms with Crippen LogP contribution in [0.4, 0.5) is 5.69 Å². The van der Waals surface area contributed by atoms with Gasteiger partial charge in [0, 0.05) is 18.8 Å². The van der Waals surface area contributed by atoms with Gasteiger partial charge in [-0.1, -0.05) is 0 Å². The van der Waals surface area contributed by atoms with Crippen molar-refractivity contribution in [2.45, 2.75) is 39.2 Å². The van der Waals surface area contributed by atoms with Gasteiger partial charge in [0.2, 0.25) is 0 Å². The Balaban J connectivity index is 2.20. The van der Waals surface area contributed by atoms with E-state index in [4.69, 9.17) is 10.5 Å². The summed E-state index contributed by atoms with van der Waals surface area (Å²) in [7, 11) is 1.37. The van der Waals surface area contributed by atoms with Gasteiger partial charge >= 0.3 is 5.97 Å². The van der Waals surface area contributed by atoms with Crippen LogP contribution in [-0.2, 0) is 16.0 Å². The van der Waals surface area contributed by atoms with Crippen LogP contribution >= 0.6 is 0 Å². The Labute approximate surface area is 120 Å². The first-order chi connectivity index (χ1) is 9.52. The molecule has 1 fully saturated rings. The predicted octanol–water partition coefficient (Wildman–Crippen LogP) is 1.95. The summed E-state index contributed by atoms with van der Waals surface area (Å²) in [4.78, 5) is 13.9. The molecule has 20 heavy (non-hydrogen) atoms. The first-order valence-electron chi connectivity index (χ1n) is 7.21. The van der Waals surface area contributed by atoms with Gasteiger partial charge in [0.05, 0.1) is 7.11 Å². The lowest BCUT2D eigenvalue weighted by Gasteiger charge is -2.21. The van der Waals surface area contributed by atoms with Crippen molar-refractivity contribution in [1.82, 2.24) is 0 Å². The molecule has 0 saturated carbocycles. The topological polar surface area (TPSA) is 55.6 Å². The zero-order chi connectivity index (χ0) is 14.7. The molecule has 0 aromatic heterocycles. The van der Waals surface area contributed by atoms with Crippen LogP contribution < -0.4 is 10.6 Å². The minimum atomic E-state index is -0.588. The number of ether oxygens (including phenoxy) is 1. The summed E-state index contributed by atoms with van der Waals surface area (Å²) in [6.07, 6.45) is 3.07. The zero-order valence-corrected chi connectivity index (χ0v) is 12.6. The summed E-state index contributed by atoms with van der Waals surface area (Å²) in [5, 5.41) is 0. The molecule has 1 saturated heterocycles. The first-order valence-corrected chi connectivity index (χ1v) is 7.21. The van der Waals surface area contributed by atoms with Crippen molar-refractivity contribution in [2.75, 3.05) is 25.1 Å². The highest BCUT2D eigenvalue weighted by atomic mass is 16.5. The quantitative estimate of drug-likeness (QED) is 0.854. The summed E-state index contributed by atoms with van der Waals surface area (Å²) < 4.78 is 4.70. The Bertz CT molecular complexity index is 470. The minimum Gasteiger partial charge on any atom is -0.468 e. The van der Waals surface area contributed by atoms with Crippen LogP contribution in [0.1, 0.15) is 29.5 Å². The molecule has 1 unspecified atom stereocenters. The van der Waals surface area contributed by atoms with Gasteiger partial charge in [-0.3, -0.25) is 4.79 Å². The standard InChI is InChI=1S/C16H24N2O2/c1-11-8-13(18-6-4-5-7-18)9-12(2)14(11)10-15(17)16(19)20-3/h8-9,15H,4-7,10,17H2,1-3H3. The molecule has 1 aromatic carbocycles. The molecule has 0 radical (unpaired) electrons. The molecule has 0 amide bonds. The van der Waals surface area contributed by atoms with Gasteiger partial charge in [-0.15, -0.1) is 0 Å². The van der Waals surface area contributed by atoms with Crippen LogP contribution in [0.5, 0.6) is 0 Å². The van der Waals surface area contributed by atoms with Gasteiger partial charge in [-0.05, 0) is 61.9 Å². The molecule has 4 nitrogen and oxygen atoms in total. The maximum atomic E-state index is 11.5.